The fourth-order valence-electron chi connectivity index (χ4n) is 5.71. The van der Waals surface area contributed by atoms with Crippen molar-refractivity contribution >= 4 is 29.5 Å². The summed E-state index contributed by atoms with van der Waals surface area (Å²) in [5.74, 6) is -0.206. The van der Waals surface area contributed by atoms with E-state index in [2.05, 4.69) is 0 Å². The Bertz CT molecular complexity index is 1260. The maximum Gasteiger partial charge on any atom is 0.415 e. The SMILES string of the molecule is Cc1ccc([C@H]2CN(C(=O)C3CCN(C(=O)C4(C)CC4)CC3)CC2N(C)C(=O)Oc2ccc(F)cc2)cc1Cl. The van der Waals surface area contributed by atoms with Crippen molar-refractivity contribution in [3.05, 3.63) is 64.4 Å². The van der Waals surface area contributed by atoms with Crippen molar-refractivity contribution < 1.29 is 23.5 Å². The Hall–Kier alpha value is -3.13. The summed E-state index contributed by atoms with van der Waals surface area (Å²) >= 11 is 6.45. The number of halogens is 2. The molecule has 39 heavy (non-hydrogen) atoms. The van der Waals surface area contributed by atoms with Crippen molar-refractivity contribution in [2.24, 2.45) is 11.3 Å². The van der Waals surface area contributed by atoms with Crippen LogP contribution in [0.25, 0.3) is 0 Å². The van der Waals surface area contributed by atoms with Crippen molar-refractivity contribution in [1.29, 1.82) is 0 Å². The first-order valence-corrected chi connectivity index (χ1v) is 14.0. The summed E-state index contributed by atoms with van der Waals surface area (Å²) in [5, 5.41) is 0.633. The van der Waals surface area contributed by atoms with Crippen molar-refractivity contribution in [1.82, 2.24) is 14.7 Å². The van der Waals surface area contributed by atoms with Crippen LogP contribution < -0.4 is 4.74 Å². The van der Waals surface area contributed by atoms with E-state index in [1.807, 2.05) is 41.8 Å². The number of likely N-dealkylation sites (N-methyl/N-ethyl adjacent to an activating group) is 1. The van der Waals surface area contributed by atoms with Gasteiger partial charge in [-0.15, -0.1) is 0 Å². The van der Waals surface area contributed by atoms with Gasteiger partial charge in [-0.1, -0.05) is 30.7 Å². The van der Waals surface area contributed by atoms with Crippen molar-refractivity contribution in [2.75, 3.05) is 33.2 Å². The van der Waals surface area contributed by atoms with Crippen LogP contribution >= 0.6 is 11.6 Å². The first-order valence-electron chi connectivity index (χ1n) is 13.6. The van der Waals surface area contributed by atoms with Gasteiger partial charge in [0.25, 0.3) is 0 Å². The van der Waals surface area contributed by atoms with E-state index >= 15 is 0 Å². The number of amides is 3. The van der Waals surface area contributed by atoms with Gasteiger partial charge in [0.05, 0.1) is 6.04 Å². The second kappa shape index (κ2) is 10.8. The molecule has 3 fully saturated rings. The van der Waals surface area contributed by atoms with Gasteiger partial charge in [-0.2, -0.15) is 0 Å². The zero-order valence-electron chi connectivity index (χ0n) is 22.7. The van der Waals surface area contributed by atoms with Gasteiger partial charge in [-0.25, -0.2) is 9.18 Å². The summed E-state index contributed by atoms with van der Waals surface area (Å²) in [6, 6.07) is 10.8. The van der Waals surface area contributed by atoms with Gasteiger partial charge in [-0.3, -0.25) is 9.59 Å². The topological polar surface area (TPSA) is 70.2 Å². The second-order valence-electron chi connectivity index (χ2n) is 11.5. The lowest BCUT2D eigenvalue weighted by atomic mass is 9.92. The Morgan fingerprint density at radius 2 is 1.69 bits per heavy atom. The standard InChI is InChI=1S/C30H35ClFN3O4/c1-19-4-5-21(16-25(19)31)24-17-35(18-26(24)33(3)29(38)39-23-8-6-22(32)7-9-23)27(36)20-10-14-34(15-11-20)28(37)30(2)12-13-30/h4-9,16,20,24,26H,10-15,17-18H2,1-3H3/t24-,26?/m1/s1. The molecule has 208 valence electrons. The number of ether oxygens (including phenoxy) is 1. The maximum atomic E-state index is 13.7. The fraction of sp³-hybridized carbons (Fsp3) is 0.500. The molecule has 0 aromatic heterocycles. The molecule has 7 nitrogen and oxygen atoms in total. The first-order chi connectivity index (χ1) is 18.6. The fourth-order valence-corrected chi connectivity index (χ4v) is 5.90. The van der Waals surface area contributed by atoms with Crippen LogP contribution in [-0.2, 0) is 9.59 Å². The molecule has 0 radical (unpaired) electrons. The quantitative estimate of drug-likeness (QED) is 0.505. The van der Waals surface area contributed by atoms with Crippen LogP contribution in [0.3, 0.4) is 0 Å². The van der Waals surface area contributed by atoms with Gasteiger partial charge in [0.1, 0.15) is 11.6 Å². The molecule has 2 heterocycles. The molecule has 3 amide bonds. The van der Waals surface area contributed by atoms with Crippen molar-refractivity contribution in [3.63, 3.8) is 0 Å². The predicted molar refractivity (Wildman–Crippen MR) is 146 cm³/mol. The molecule has 2 aromatic rings. The molecule has 2 atom stereocenters. The molecule has 1 aliphatic carbocycles. The van der Waals surface area contributed by atoms with Crippen molar-refractivity contribution in [2.45, 2.75) is 51.5 Å². The van der Waals surface area contributed by atoms with Gasteiger partial charge >= 0.3 is 6.09 Å². The monoisotopic (exact) mass is 555 g/mol. The molecule has 0 spiro atoms. The molecule has 2 saturated heterocycles. The van der Waals surface area contributed by atoms with E-state index < -0.39 is 11.9 Å². The molecule has 9 heteroatoms. The van der Waals surface area contributed by atoms with Crippen LogP contribution in [0.1, 0.15) is 49.7 Å². The van der Waals surface area contributed by atoms with E-state index in [1.165, 1.54) is 29.2 Å². The molecule has 2 aliphatic heterocycles. The number of hydrogen-bond acceptors (Lipinski definition) is 4. The summed E-state index contributed by atoms with van der Waals surface area (Å²) in [4.78, 5) is 44.8. The van der Waals surface area contributed by atoms with Crippen LogP contribution in [0, 0.1) is 24.1 Å². The molecular formula is C30H35ClFN3O4. The maximum absolute atomic E-state index is 13.7. The van der Waals surface area contributed by atoms with Crippen LogP contribution in [0.4, 0.5) is 9.18 Å². The summed E-state index contributed by atoms with van der Waals surface area (Å²) < 4.78 is 18.8. The smallest absolute Gasteiger partial charge is 0.410 e. The number of carbonyl (C=O) groups is 3. The third-order valence-corrected chi connectivity index (χ3v) is 9.08. The summed E-state index contributed by atoms with van der Waals surface area (Å²) in [6.07, 6.45) is 2.60. The van der Waals surface area contributed by atoms with Gasteiger partial charge in [0.15, 0.2) is 0 Å². The van der Waals surface area contributed by atoms with E-state index in [1.54, 1.807) is 7.05 Å². The third-order valence-electron chi connectivity index (χ3n) is 8.68. The average Bonchev–Trinajstić information content (AvgIpc) is 3.53. The Balaban J connectivity index is 1.30. The lowest BCUT2D eigenvalue weighted by Crippen LogP contribution is -2.46. The normalized spacial score (nSPS) is 22.5. The van der Waals surface area contributed by atoms with Crippen LogP contribution in [0.2, 0.25) is 5.02 Å². The number of rotatable bonds is 5. The van der Waals surface area contributed by atoms with Crippen LogP contribution in [-0.4, -0.2) is 71.9 Å². The highest BCUT2D eigenvalue weighted by Crippen LogP contribution is 2.47. The molecule has 5 rings (SSSR count). The highest BCUT2D eigenvalue weighted by molar-refractivity contribution is 6.31. The van der Waals surface area contributed by atoms with E-state index in [0.717, 1.165) is 24.0 Å². The minimum atomic E-state index is -0.579. The van der Waals surface area contributed by atoms with Gasteiger partial charge in [0.2, 0.25) is 11.8 Å². The number of piperidine rings is 1. The molecule has 3 aliphatic rings. The Labute approximate surface area is 233 Å². The van der Waals surface area contributed by atoms with Gasteiger partial charge in [0, 0.05) is 55.5 Å². The molecule has 0 N–H and O–H groups in total. The van der Waals surface area contributed by atoms with E-state index in [9.17, 15) is 18.8 Å². The van der Waals surface area contributed by atoms with Crippen LogP contribution in [0.15, 0.2) is 42.5 Å². The van der Waals surface area contributed by atoms with E-state index in [4.69, 9.17) is 16.3 Å². The number of benzene rings is 2. The van der Waals surface area contributed by atoms with Crippen LogP contribution in [0.5, 0.6) is 5.75 Å². The number of carbonyl (C=O) groups excluding carboxylic acids is 3. The zero-order valence-corrected chi connectivity index (χ0v) is 23.4. The Kier molecular flexibility index (Phi) is 7.60. The lowest BCUT2D eigenvalue weighted by molar-refractivity contribution is -0.142. The lowest BCUT2D eigenvalue weighted by Gasteiger charge is -2.34. The molecule has 1 unspecified atom stereocenters. The Morgan fingerprint density at radius 3 is 2.31 bits per heavy atom. The number of likely N-dealkylation sites (tertiary alicyclic amines) is 2. The molecule has 1 saturated carbocycles. The number of aryl methyl sites for hydroxylation is 1. The molecular weight excluding hydrogens is 521 g/mol. The highest BCUT2D eigenvalue weighted by Gasteiger charge is 2.48. The number of nitrogens with zero attached hydrogens (tertiary/aromatic N) is 3. The Morgan fingerprint density at radius 1 is 1.03 bits per heavy atom. The molecule has 2 aromatic carbocycles. The third kappa shape index (κ3) is 5.76. The minimum absolute atomic E-state index is 0.0609. The first kappa shape index (κ1) is 27.4. The summed E-state index contributed by atoms with van der Waals surface area (Å²) in [7, 11) is 1.66. The number of hydrogen-bond donors (Lipinski definition) is 0. The van der Waals surface area contributed by atoms with Crippen molar-refractivity contribution in [3.8, 4) is 5.75 Å². The van der Waals surface area contributed by atoms with E-state index in [-0.39, 0.29) is 40.9 Å². The summed E-state index contributed by atoms with van der Waals surface area (Å²) in [5.41, 5.74) is 1.70. The van der Waals surface area contributed by atoms with E-state index in [0.29, 0.717) is 44.0 Å². The summed E-state index contributed by atoms with van der Waals surface area (Å²) in [6.45, 7) is 5.97. The predicted octanol–water partition coefficient (Wildman–Crippen LogP) is 5.25. The highest BCUT2D eigenvalue weighted by atomic mass is 35.5. The largest absolute Gasteiger partial charge is 0.415 e. The van der Waals surface area contributed by atoms with Gasteiger partial charge < -0.3 is 19.4 Å². The molecule has 0 bridgehead atoms. The minimum Gasteiger partial charge on any atom is -0.410 e. The van der Waals surface area contributed by atoms with Gasteiger partial charge in [-0.05, 0) is 74.1 Å². The second-order valence-corrected chi connectivity index (χ2v) is 11.9. The average molecular weight is 556 g/mol. The zero-order chi connectivity index (χ0) is 27.9.